The lowest BCUT2D eigenvalue weighted by Gasteiger charge is -2.15. The number of sulfonamides is 1. The number of ether oxygens (including phenoxy) is 1. The van der Waals surface area contributed by atoms with Crippen molar-refractivity contribution in [1.82, 2.24) is 9.62 Å². The average molecular weight is 403 g/mol. The number of hydrogen-bond acceptors (Lipinski definition) is 4. The Bertz CT molecular complexity index is 904. The summed E-state index contributed by atoms with van der Waals surface area (Å²) >= 11 is 0. The van der Waals surface area contributed by atoms with Gasteiger partial charge in [0.15, 0.2) is 0 Å². The molecule has 150 valence electrons. The molecule has 0 unspecified atom stereocenters. The van der Waals surface area contributed by atoms with E-state index in [4.69, 9.17) is 4.74 Å². The van der Waals surface area contributed by atoms with Crippen LogP contribution in [0.25, 0.3) is 0 Å². The Balaban J connectivity index is 1.59. The molecule has 1 fully saturated rings. The van der Waals surface area contributed by atoms with Crippen LogP contribution >= 0.6 is 0 Å². The zero-order valence-electron chi connectivity index (χ0n) is 16.1. The van der Waals surface area contributed by atoms with Crippen LogP contribution in [0.2, 0.25) is 0 Å². The molecule has 0 atom stereocenters. The summed E-state index contributed by atoms with van der Waals surface area (Å²) in [6.07, 6.45) is 1.84. The minimum absolute atomic E-state index is 0.0311. The largest absolute Gasteiger partial charge is 0.494 e. The first kappa shape index (κ1) is 20.4. The van der Waals surface area contributed by atoms with Crippen molar-refractivity contribution in [3.63, 3.8) is 0 Å². The van der Waals surface area contributed by atoms with Gasteiger partial charge in [0.05, 0.1) is 12.4 Å². The van der Waals surface area contributed by atoms with Gasteiger partial charge in [0.2, 0.25) is 10.0 Å². The van der Waals surface area contributed by atoms with Crippen molar-refractivity contribution in [2.24, 2.45) is 0 Å². The second-order valence-corrected chi connectivity index (χ2v) is 8.75. The standard InChI is InChI=1S/C21H26N2O4S/c1-2-27-20-8-4-3-7-19(20)15-22-21(24)18-11-9-17(10-12-18)16-28(25,26)23-13-5-6-14-23/h3-4,7-12H,2,5-6,13-16H2,1H3,(H,22,24). The van der Waals surface area contributed by atoms with Gasteiger partial charge in [0.1, 0.15) is 5.75 Å². The monoisotopic (exact) mass is 402 g/mol. The maximum atomic E-state index is 12.4. The van der Waals surface area contributed by atoms with Crippen molar-refractivity contribution in [3.8, 4) is 5.75 Å². The van der Waals surface area contributed by atoms with E-state index in [0.29, 0.717) is 37.4 Å². The lowest BCUT2D eigenvalue weighted by Crippen LogP contribution is -2.29. The number of nitrogens with one attached hydrogen (secondary N) is 1. The Morgan fingerprint density at radius 1 is 1.07 bits per heavy atom. The fourth-order valence-electron chi connectivity index (χ4n) is 3.24. The van der Waals surface area contributed by atoms with Crippen LogP contribution in [0.5, 0.6) is 5.75 Å². The fraction of sp³-hybridized carbons (Fsp3) is 0.381. The summed E-state index contributed by atoms with van der Waals surface area (Å²) in [5.74, 6) is 0.518. The number of benzene rings is 2. The topological polar surface area (TPSA) is 75.7 Å². The summed E-state index contributed by atoms with van der Waals surface area (Å²) in [7, 11) is -3.28. The van der Waals surface area contributed by atoms with E-state index in [2.05, 4.69) is 5.32 Å². The number of hydrogen-bond donors (Lipinski definition) is 1. The molecule has 0 radical (unpaired) electrons. The van der Waals surface area contributed by atoms with Crippen molar-refractivity contribution in [1.29, 1.82) is 0 Å². The highest BCUT2D eigenvalue weighted by molar-refractivity contribution is 7.88. The van der Waals surface area contributed by atoms with E-state index >= 15 is 0 Å². The average Bonchev–Trinajstić information content (AvgIpc) is 3.23. The van der Waals surface area contributed by atoms with Gasteiger partial charge in [-0.2, -0.15) is 0 Å². The third-order valence-electron chi connectivity index (χ3n) is 4.74. The van der Waals surface area contributed by atoms with Crippen LogP contribution in [-0.4, -0.2) is 38.3 Å². The molecule has 28 heavy (non-hydrogen) atoms. The molecule has 2 aromatic rings. The van der Waals surface area contributed by atoms with Gasteiger partial charge >= 0.3 is 0 Å². The Kier molecular flexibility index (Phi) is 6.70. The molecule has 0 spiro atoms. The zero-order valence-corrected chi connectivity index (χ0v) is 16.9. The van der Waals surface area contributed by atoms with Crippen molar-refractivity contribution >= 4 is 15.9 Å². The molecule has 1 amide bonds. The molecule has 6 nitrogen and oxygen atoms in total. The van der Waals surface area contributed by atoms with Crippen LogP contribution < -0.4 is 10.1 Å². The molecule has 7 heteroatoms. The van der Waals surface area contributed by atoms with Gasteiger partial charge in [-0.3, -0.25) is 4.79 Å². The van der Waals surface area contributed by atoms with E-state index in [1.807, 2.05) is 31.2 Å². The number of rotatable bonds is 8. The van der Waals surface area contributed by atoms with E-state index in [0.717, 1.165) is 24.2 Å². The predicted molar refractivity (Wildman–Crippen MR) is 109 cm³/mol. The summed E-state index contributed by atoms with van der Waals surface area (Å²) in [5, 5.41) is 2.88. The summed E-state index contributed by atoms with van der Waals surface area (Å²) < 4.78 is 31.9. The van der Waals surface area contributed by atoms with Crippen LogP contribution in [0.15, 0.2) is 48.5 Å². The Hall–Kier alpha value is -2.38. The number of carbonyl (C=O) groups is 1. The van der Waals surface area contributed by atoms with Gasteiger partial charge in [-0.1, -0.05) is 30.3 Å². The van der Waals surface area contributed by atoms with Crippen molar-refractivity contribution in [2.45, 2.75) is 32.1 Å². The van der Waals surface area contributed by atoms with Gasteiger partial charge in [-0.15, -0.1) is 0 Å². The van der Waals surface area contributed by atoms with Crippen molar-refractivity contribution < 1.29 is 17.9 Å². The number of amides is 1. The molecule has 1 saturated heterocycles. The Morgan fingerprint density at radius 2 is 1.75 bits per heavy atom. The first-order valence-electron chi connectivity index (χ1n) is 9.55. The first-order valence-corrected chi connectivity index (χ1v) is 11.2. The van der Waals surface area contributed by atoms with Crippen LogP contribution in [-0.2, 0) is 22.3 Å². The zero-order chi connectivity index (χ0) is 20.0. The summed E-state index contributed by atoms with van der Waals surface area (Å²) in [6.45, 7) is 4.05. The van der Waals surface area contributed by atoms with Crippen LogP contribution in [0.3, 0.4) is 0 Å². The fourth-order valence-corrected chi connectivity index (χ4v) is 4.86. The highest BCUT2D eigenvalue weighted by Gasteiger charge is 2.25. The lowest BCUT2D eigenvalue weighted by atomic mass is 10.1. The lowest BCUT2D eigenvalue weighted by molar-refractivity contribution is 0.0950. The number of nitrogens with zero attached hydrogens (tertiary/aromatic N) is 1. The Morgan fingerprint density at radius 3 is 2.43 bits per heavy atom. The van der Waals surface area contributed by atoms with E-state index in [1.165, 1.54) is 0 Å². The summed E-state index contributed by atoms with van der Waals surface area (Å²) in [4.78, 5) is 12.4. The van der Waals surface area contributed by atoms with E-state index < -0.39 is 10.0 Å². The summed E-state index contributed by atoms with van der Waals surface area (Å²) in [6, 6.07) is 14.3. The smallest absolute Gasteiger partial charge is 0.251 e. The van der Waals surface area contributed by atoms with Crippen LogP contribution in [0.1, 0.15) is 41.3 Å². The second kappa shape index (κ2) is 9.21. The second-order valence-electron chi connectivity index (χ2n) is 6.78. The number of para-hydroxylation sites is 1. The molecule has 0 bridgehead atoms. The molecule has 0 aromatic heterocycles. The van der Waals surface area contributed by atoms with Crippen LogP contribution in [0, 0.1) is 0 Å². The van der Waals surface area contributed by atoms with Gasteiger partial charge in [0, 0.05) is 30.8 Å². The highest BCUT2D eigenvalue weighted by atomic mass is 32.2. The van der Waals surface area contributed by atoms with E-state index in [1.54, 1.807) is 28.6 Å². The molecular formula is C21H26N2O4S. The minimum atomic E-state index is -3.28. The molecule has 1 N–H and O–H groups in total. The molecular weight excluding hydrogens is 376 g/mol. The third-order valence-corrected chi connectivity index (χ3v) is 6.59. The predicted octanol–water partition coefficient (Wildman–Crippen LogP) is 2.94. The third kappa shape index (κ3) is 5.11. The van der Waals surface area contributed by atoms with Gasteiger partial charge < -0.3 is 10.1 Å². The van der Waals surface area contributed by atoms with Gasteiger partial charge in [-0.25, -0.2) is 12.7 Å². The highest BCUT2D eigenvalue weighted by Crippen LogP contribution is 2.19. The quantitative estimate of drug-likeness (QED) is 0.737. The molecule has 1 aliphatic heterocycles. The van der Waals surface area contributed by atoms with Crippen molar-refractivity contribution in [2.75, 3.05) is 19.7 Å². The summed E-state index contributed by atoms with van der Waals surface area (Å²) in [5.41, 5.74) is 2.09. The maximum absolute atomic E-state index is 12.4. The first-order chi connectivity index (χ1) is 13.5. The Labute approximate surface area is 166 Å². The maximum Gasteiger partial charge on any atom is 0.251 e. The number of carbonyl (C=O) groups excluding carboxylic acids is 1. The molecule has 1 aliphatic rings. The molecule has 1 heterocycles. The SMILES string of the molecule is CCOc1ccccc1CNC(=O)c1ccc(CS(=O)(=O)N2CCCC2)cc1. The normalized spacial score (nSPS) is 14.8. The molecule has 0 saturated carbocycles. The molecule has 3 rings (SSSR count). The van der Waals surface area contributed by atoms with Gasteiger partial charge in [0.25, 0.3) is 5.91 Å². The molecule has 2 aromatic carbocycles. The minimum Gasteiger partial charge on any atom is -0.494 e. The van der Waals surface area contributed by atoms with E-state index in [9.17, 15) is 13.2 Å². The van der Waals surface area contributed by atoms with Gasteiger partial charge in [-0.05, 0) is 43.5 Å². The van der Waals surface area contributed by atoms with Crippen LogP contribution in [0.4, 0.5) is 0 Å². The molecule has 0 aliphatic carbocycles. The van der Waals surface area contributed by atoms with Crippen molar-refractivity contribution in [3.05, 3.63) is 65.2 Å². The van der Waals surface area contributed by atoms with E-state index in [-0.39, 0.29) is 11.7 Å².